The summed E-state index contributed by atoms with van der Waals surface area (Å²) < 4.78 is 0. The second-order valence-corrected chi connectivity index (χ2v) is 5.54. The van der Waals surface area contributed by atoms with Crippen molar-refractivity contribution in [3.05, 3.63) is 34.9 Å². The number of hydrogen-bond donors (Lipinski definition) is 1. The fraction of sp³-hybridized carbons (Fsp3) is 0.571. The number of benzene rings is 1. The van der Waals surface area contributed by atoms with Gasteiger partial charge in [0.15, 0.2) is 0 Å². The van der Waals surface area contributed by atoms with Gasteiger partial charge in [-0.1, -0.05) is 36.6 Å². The summed E-state index contributed by atoms with van der Waals surface area (Å²) in [6.45, 7) is 3.50. The average Bonchev–Trinajstić information content (AvgIpc) is 2.47. The fourth-order valence-corrected chi connectivity index (χ4v) is 2.63. The van der Waals surface area contributed by atoms with E-state index in [1.807, 2.05) is 12.1 Å². The Morgan fingerprint density at radius 2 is 1.94 bits per heavy atom. The zero-order chi connectivity index (χ0) is 11.4. The van der Waals surface area contributed by atoms with Gasteiger partial charge in [-0.2, -0.15) is 0 Å². The Morgan fingerprint density at radius 3 is 2.69 bits per heavy atom. The highest BCUT2D eigenvalue weighted by molar-refractivity contribution is 6.30. The zero-order valence-corrected chi connectivity index (χ0v) is 10.7. The first-order valence-electron chi connectivity index (χ1n) is 6.17. The van der Waals surface area contributed by atoms with Crippen molar-refractivity contribution in [2.45, 2.75) is 44.6 Å². The molecule has 16 heavy (non-hydrogen) atoms. The maximum Gasteiger partial charge on any atom is 0.0406 e. The van der Waals surface area contributed by atoms with Crippen LogP contribution in [0.15, 0.2) is 24.3 Å². The Balaban J connectivity index is 2.04. The van der Waals surface area contributed by atoms with Gasteiger partial charge in [-0.15, -0.1) is 0 Å². The van der Waals surface area contributed by atoms with Gasteiger partial charge in [0.05, 0.1) is 0 Å². The van der Waals surface area contributed by atoms with Crippen molar-refractivity contribution in [1.29, 1.82) is 0 Å². The zero-order valence-electron chi connectivity index (χ0n) is 9.93. The van der Waals surface area contributed by atoms with Crippen LogP contribution in [0.25, 0.3) is 0 Å². The Labute approximate surface area is 103 Å². The van der Waals surface area contributed by atoms with Crippen molar-refractivity contribution in [2.75, 3.05) is 6.54 Å². The first-order valence-corrected chi connectivity index (χ1v) is 6.55. The second kappa shape index (κ2) is 5.20. The van der Waals surface area contributed by atoms with Crippen molar-refractivity contribution >= 4 is 11.6 Å². The topological polar surface area (TPSA) is 12.0 Å². The molecular weight excluding hydrogens is 218 g/mol. The minimum atomic E-state index is 0.268. The Morgan fingerprint density at radius 1 is 1.19 bits per heavy atom. The standard InChI is InChI=1S/C14H20ClN/c1-14(9-3-2-4-10-16-14)11-12-5-7-13(15)8-6-12/h5-8,16H,2-4,9-11H2,1H3. The molecule has 0 spiro atoms. The van der Waals surface area contributed by atoms with Gasteiger partial charge in [0.2, 0.25) is 0 Å². The summed E-state index contributed by atoms with van der Waals surface area (Å²) in [6.07, 6.45) is 6.40. The molecule has 2 rings (SSSR count). The number of nitrogens with one attached hydrogen (secondary N) is 1. The van der Waals surface area contributed by atoms with Crippen molar-refractivity contribution in [1.82, 2.24) is 5.32 Å². The lowest BCUT2D eigenvalue weighted by molar-refractivity contribution is 0.345. The van der Waals surface area contributed by atoms with Gasteiger partial charge >= 0.3 is 0 Å². The van der Waals surface area contributed by atoms with Crippen LogP contribution in [0.3, 0.4) is 0 Å². The average molecular weight is 238 g/mol. The molecule has 1 aliphatic rings. The molecular formula is C14H20ClN. The summed E-state index contributed by atoms with van der Waals surface area (Å²) in [7, 11) is 0. The highest BCUT2D eigenvalue weighted by atomic mass is 35.5. The monoisotopic (exact) mass is 237 g/mol. The molecule has 0 aliphatic carbocycles. The first-order chi connectivity index (χ1) is 7.68. The maximum atomic E-state index is 5.90. The van der Waals surface area contributed by atoms with Gasteiger partial charge in [-0.05, 0) is 50.4 Å². The highest BCUT2D eigenvalue weighted by Gasteiger charge is 2.24. The number of hydrogen-bond acceptors (Lipinski definition) is 1. The molecule has 1 aromatic rings. The van der Waals surface area contributed by atoms with Crippen LogP contribution in [-0.2, 0) is 6.42 Å². The molecule has 1 aliphatic heterocycles. The molecule has 88 valence electrons. The summed E-state index contributed by atoms with van der Waals surface area (Å²) in [6, 6.07) is 8.24. The maximum absolute atomic E-state index is 5.90. The predicted octanol–water partition coefficient (Wildman–Crippen LogP) is 3.80. The third-order valence-corrected chi connectivity index (χ3v) is 3.72. The third kappa shape index (κ3) is 3.23. The van der Waals surface area contributed by atoms with Crippen LogP contribution in [0.1, 0.15) is 38.2 Å². The molecule has 2 heteroatoms. The fourth-order valence-electron chi connectivity index (χ4n) is 2.50. The van der Waals surface area contributed by atoms with Crippen LogP contribution < -0.4 is 5.32 Å². The highest BCUT2D eigenvalue weighted by Crippen LogP contribution is 2.23. The van der Waals surface area contributed by atoms with Crippen LogP contribution in [0.4, 0.5) is 0 Å². The molecule has 1 saturated heterocycles. The smallest absolute Gasteiger partial charge is 0.0406 e. The quantitative estimate of drug-likeness (QED) is 0.825. The largest absolute Gasteiger partial charge is 0.311 e. The lowest BCUT2D eigenvalue weighted by atomic mass is 9.88. The van der Waals surface area contributed by atoms with Crippen LogP contribution in [0.2, 0.25) is 5.02 Å². The normalized spacial score (nSPS) is 26.4. The summed E-state index contributed by atoms with van der Waals surface area (Å²) in [5.41, 5.74) is 1.64. The van der Waals surface area contributed by atoms with Crippen LogP contribution in [0, 0.1) is 0 Å². The van der Waals surface area contributed by atoms with E-state index in [-0.39, 0.29) is 5.54 Å². The van der Waals surface area contributed by atoms with Gasteiger partial charge in [-0.3, -0.25) is 0 Å². The van der Waals surface area contributed by atoms with Crippen molar-refractivity contribution in [2.24, 2.45) is 0 Å². The molecule has 1 N–H and O–H groups in total. The first kappa shape index (κ1) is 11.9. The van der Waals surface area contributed by atoms with Gasteiger partial charge < -0.3 is 5.32 Å². The minimum Gasteiger partial charge on any atom is -0.311 e. The Bertz CT molecular complexity index is 323. The lowest BCUT2D eigenvalue weighted by Gasteiger charge is -2.29. The SMILES string of the molecule is CC1(Cc2ccc(Cl)cc2)CCCCCN1. The lowest BCUT2D eigenvalue weighted by Crippen LogP contribution is -2.43. The van der Waals surface area contributed by atoms with E-state index in [1.54, 1.807) is 0 Å². The molecule has 1 unspecified atom stereocenters. The second-order valence-electron chi connectivity index (χ2n) is 5.10. The van der Waals surface area contributed by atoms with E-state index in [2.05, 4.69) is 24.4 Å². The molecule has 1 aromatic carbocycles. The summed E-state index contributed by atoms with van der Waals surface area (Å²) in [5, 5.41) is 4.51. The summed E-state index contributed by atoms with van der Waals surface area (Å²) in [4.78, 5) is 0. The van der Waals surface area contributed by atoms with Crippen LogP contribution in [0.5, 0.6) is 0 Å². The number of halogens is 1. The van der Waals surface area contributed by atoms with Gasteiger partial charge in [-0.25, -0.2) is 0 Å². The van der Waals surface area contributed by atoms with Crippen molar-refractivity contribution in [3.63, 3.8) is 0 Å². The molecule has 0 amide bonds. The van der Waals surface area contributed by atoms with Gasteiger partial charge in [0.1, 0.15) is 0 Å². The summed E-state index contributed by atoms with van der Waals surface area (Å²) >= 11 is 5.90. The molecule has 0 radical (unpaired) electrons. The van der Waals surface area contributed by atoms with Gasteiger partial charge in [0, 0.05) is 10.6 Å². The van der Waals surface area contributed by atoms with E-state index in [9.17, 15) is 0 Å². The predicted molar refractivity (Wildman–Crippen MR) is 70.0 cm³/mol. The molecule has 0 bridgehead atoms. The van der Waals surface area contributed by atoms with Crippen molar-refractivity contribution in [3.8, 4) is 0 Å². The summed E-state index contributed by atoms with van der Waals surface area (Å²) in [5.74, 6) is 0. The molecule has 0 saturated carbocycles. The Hall–Kier alpha value is -0.530. The Kier molecular flexibility index (Phi) is 3.88. The molecule has 0 aromatic heterocycles. The molecule has 1 nitrogen and oxygen atoms in total. The van der Waals surface area contributed by atoms with E-state index in [0.29, 0.717) is 0 Å². The van der Waals surface area contributed by atoms with E-state index < -0.39 is 0 Å². The van der Waals surface area contributed by atoms with E-state index in [0.717, 1.165) is 18.0 Å². The van der Waals surface area contributed by atoms with Crippen LogP contribution in [-0.4, -0.2) is 12.1 Å². The van der Waals surface area contributed by atoms with Gasteiger partial charge in [0.25, 0.3) is 0 Å². The van der Waals surface area contributed by atoms with Crippen LogP contribution >= 0.6 is 11.6 Å². The van der Waals surface area contributed by atoms with E-state index >= 15 is 0 Å². The van der Waals surface area contributed by atoms with E-state index in [1.165, 1.54) is 31.2 Å². The number of rotatable bonds is 2. The molecule has 1 heterocycles. The van der Waals surface area contributed by atoms with E-state index in [4.69, 9.17) is 11.6 Å². The molecule has 1 fully saturated rings. The minimum absolute atomic E-state index is 0.268. The molecule has 1 atom stereocenters. The third-order valence-electron chi connectivity index (χ3n) is 3.46. The van der Waals surface area contributed by atoms with Crippen molar-refractivity contribution < 1.29 is 0 Å².